The zero-order valence-corrected chi connectivity index (χ0v) is 14.2. The van der Waals surface area contributed by atoms with Crippen LogP contribution in [0.1, 0.15) is 18.7 Å². The van der Waals surface area contributed by atoms with Gasteiger partial charge >= 0.3 is 6.03 Å². The first-order valence-electron chi connectivity index (χ1n) is 7.76. The first kappa shape index (κ1) is 18.0. The van der Waals surface area contributed by atoms with Gasteiger partial charge in [0.2, 0.25) is 5.91 Å². The van der Waals surface area contributed by atoms with Crippen LogP contribution in [0.5, 0.6) is 0 Å². The van der Waals surface area contributed by atoms with E-state index in [9.17, 15) is 9.59 Å². The average Bonchev–Trinajstić information content (AvgIpc) is 2.98. The summed E-state index contributed by atoms with van der Waals surface area (Å²) in [7, 11) is 3.35. The van der Waals surface area contributed by atoms with E-state index >= 15 is 0 Å². The molecule has 0 saturated heterocycles. The lowest BCUT2D eigenvalue weighted by molar-refractivity contribution is -0.121. The van der Waals surface area contributed by atoms with Crippen LogP contribution in [0.4, 0.5) is 4.79 Å². The number of carbonyl (C=O) groups excluding carboxylic acids is 2. The van der Waals surface area contributed by atoms with Crippen molar-refractivity contribution in [1.29, 1.82) is 0 Å². The number of para-hydroxylation sites is 1. The minimum absolute atomic E-state index is 0.0793. The van der Waals surface area contributed by atoms with Crippen molar-refractivity contribution in [3.8, 4) is 0 Å². The van der Waals surface area contributed by atoms with E-state index in [-0.39, 0.29) is 18.5 Å². The number of likely N-dealkylation sites (N-methyl/N-ethyl adjacent to an activating group) is 1. The van der Waals surface area contributed by atoms with Crippen LogP contribution in [0.25, 0.3) is 11.0 Å². The molecule has 0 saturated carbocycles. The van der Waals surface area contributed by atoms with Crippen LogP contribution in [-0.2, 0) is 9.53 Å². The molecule has 0 bridgehead atoms. The monoisotopic (exact) mass is 333 g/mol. The average molecular weight is 333 g/mol. The van der Waals surface area contributed by atoms with Crippen molar-refractivity contribution in [2.75, 3.05) is 33.9 Å². The van der Waals surface area contributed by atoms with Gasteiger partial charge in [0.15, 0.2) is 0 Å². The summed E-state index contributed by atoms with van der Waals surface area (Å²) in [4.78, 5) is 25.3. The number of imide groups is 1. The van der Waals surface area contributed by atoms with Gasteiger partial charge in [0.1, 0.15) is 11.3 Å². The van der Waals surface area contributed by atoms with E-state index in [1.807, 2.05) is 42.2 Å². The van der Waals surface area contributed by atoms with Crippen LogP contribution >= 0.6 is 0 Å². The number of hydrogen-bond donors (Lipinski definition) is 2. The molecule has 24 heavy (non-hydrogen) atoms. The number of urea groups is 1. The number of rotatable bonds is 7. The van der Waals surface area contributed by atoms with Gasteiger partial charge in [0.25, 0.3) is 0 Å². The Hall–Kier alpha value is -2.38. The number of nitrogens with one attached hydrogen (secondary N) is 2. The summed E-state index contributed by atoms with van der Waals surface area (Å²) in [6, 6.07) is 9.09. The summed E-state index contributed by atoms with van der Waals surface area (Å²) < 4.78 is 10.6. The molecular formula is C17H23N3O4. The Bertz CT molecular complexity index is 665. The number of nitrogens with zero attached hydrogens (tertiary/aromatic N) is 1. The molecule has 1 unspecified atom stereocenters. The van der Waals surface area contributed by atoms with Gasteiger partial charge in [-0.1, -0.05) is 18.2 Å². The summed E-state index contributed by atoms with van der Waals surface area (Å²) in [5.74, 6) is 0.395. The molecule has 0 spiro atoms. The first-order valence-corrected chi connectivity index (χ1v) is 7.76. The molecule has 7 heteroatoms. The molecule has 1 aromatic carbocycles. The van der Waals surface area contributed by atoms with Crippen LogP contribution in [0.15, 0.2) is 34.7 Å². The first-order chi connectivity index (χ1) is 11.5. The van der Waals surface area contributed by atoms with Crippen LogP contribution in [-0.4, -0.2) is 50.7 Å². The summed E-state index contributed by atoms with van der Waals surface area (Å²) in [5.41, 5.74) is 0.815. The maximum atomic E-state index is 11.9. The Balaban J connectivity index is 1.87. The summed E-state index contributed by atoms with van der Waals surface area (Å²) in [6.45, 7) is 2.77. The Morgan fingerprint density at radius 1 is 1.33 bits per heavy atom. The fourth-order valence-electron chi connectivity index (χ4n) is 2.27. The van der Waals surface area contributed by atoms with Gasteiger partial charge in [0, 0.05) is 19.0 Å². The summed E-state index contributed by atoms with van der Waals surface area (Å²) >= 11 is 0. The quantitative estimate of drug-likeness (QED) is 0.756. The fourth-order valence-corrected chi connectivity index (χ4v) is 2.27. The highest BCUT2D eigenvalue weighted by molar-refractivity contribution is 5.95. The number of fused-ring (bicyclic) bond motifs is 1. The van der Waals surface area contributed by atoms with Crippen molar-refractivity contribution in [3.63, 3.8) is 0 Å². The SMILES string of the molecule is COCCNC(=O)NC(=O)CN(C)C(C)c1cc2ccccc2o1. The number of benzene rings is 1. The molecule has 2 N–H and O–H groups in total. The Morgan fingerprint density at radius 2 is 2.08 bits per heavy atom. The zero-order valence-electron chi connectivity index (χ0n) is 14.2. The lowest BCUT2D eigenvalue weighted by Gasteiger charge is -2.22. The third kappa shape index (κ3) is 4.81. The highest BCUT2D eigenvalue weighted by Gasteiger charge is 2.19. The second kappa shape index (κ2) is 8.47. The van der Waals surface area contributed by atoms with Crippen LogP contribution in [0, 0.1) is 0 Å². The minimum Gasteiger partial charge on any atom is -0.459 e. The Kier molecular flexibility index (Phi) is 6.34. The highest BCUT2D eigenvalue weighted by atomic mass is 16.5. The van der Waals surface area contributed by atoms with Gasteiger partial charge in [0.05, 0.1) is 19.2 Å². The molecule has 0 fully saturated rings. The Labute approximate surface area is 140 Å². The van der Waals surface area contributed by atoms with E-state index < -0.39 is 6.03 Å². The smallest absolute Gasteiger partial charge is 0.321 e. The lowest BCUT2D eigenvalue weighted by Crippen LogP contribution is -2.44. The normalized spacial score (nSPS) is 12.3. The van der Waals surface area contributed by atoms with Crippen molar-refractivity contribution in [1.82, 2.24) is 15.5 Å². The second-order valence-electron chi connectivity index (χ2n) is 5.57. The predicted molar refractivity (Wildman–Crippen MR) is 90.7 cm³/mol. The molecule has 7 nitrogen and oxygen atoms in total. The number of methoxy groups -OCH3 is 1. The molecule has 130 valence electrons. The third-order valence-corrected chi connectivity index (χ3v) is 3.76. The van der Waals surface area contributed by atoms with E-state index in [1.165, 1.54) is 0 Å². The third-order valence-electron chi connectivity index (χ3n) is 3.76. The zero-order chi connectivity index (χ0) is 17.5. The predicted octanol–water partition coefficient (Wildman–Crippen LogP) is 1.90. The topological polar surface area (TPSA) is 83.8 Å². The molecule has 1 atom stereocenters. The molecule has 2 rings (SSSR count). The summed E-state index contributed by atoms with van der Waals surface area (Å²) in [6.07, 6.45) is 0. The summed E-state index contributed by atoms with van der Waals surface area (Å²) in [5, 5.41) is 5.84. The molecular weight excluding hydrogens is 310 g/mol. The molecule has 0 aliphatic rings. The molecule has 3 amide bonds. The molecule has 1 heterocycles. The molecule has 0 aliphatic heterocycles. The number of furan rings is 1. The molecule has 0 radical (unpaired) electrons. The van der Waals surface area contributed by atoms with E-state index in [1.54, 1.807) is 14.2 Å². The minimum atomic E-state index is -0.526. The largest absolute Gasteiger partial charge is 0.459 e. The van der Waals surface area contributed by atoms with E-state index in [0.29, 0.717) is 13.2 Å². The molecule has 1 aromatic heterocycles. The van der Waals surface area contributed by atoms with Crippen molar-refractivity contribution in [3.05, 3.63) is 36.1 Å². The van der Waals surface area contributed by atoms with Gasteiger partial charge in [-0.25, -0.2) is 4.79 Å². The molecule has 0 aliphatic carbocycles. The van der Waals surface area contributed by atoms with Crippen LogP contribution < -0.4 is 10.6 Å². The van der Waals surface area contributed by atoms with Gasteiger partial charge in [-0.3, -0.25) is 15.0 Å². The van der Waals surface area contributed by atoms with Crippen LogP contribution in [0.2, 0.25) is 0 Å². The van der Waals surface area contributed by atoms with Gasteiger partial charge in [-0.2, -0.15) is 0 Å². The van der Waals surface area contributed by atoms with Gasteiger partial charge in [-0.15, -0.1) is 0 Å². The highest BCUT2D eigenvalue weighted by Crippen LogP contribution is 2.26. The number of ether oxygens (including phenoxy) is 1. The van der Waals surface area contributed by atoms with E-state index in [4.69, 9.17) is 9.15 Å². The van der Waals surface area contributed by atoms with Crippen molar-refractivity contribution in [2.45, 2.75) is 13.0 Å². The van der Waals surface area contributed by atoms with Crippen molar-refractivity contribution >= 4 is 22.9 Å². The Morgan fingerprint density at radius 3 is 2.79 bits per heavy atom. The van der Waals surface area contributed by atoms with Crippen molar-refractivity contribution < 1.29 is 18.7 Å². The van der Waals surface area contributed by atoms with E-state index in [2.05, 4.69) is 10.6 Å². The number of amides is 3. The maximum absolute atomic E-state index is 11.9. The molecule has 2 aromatic rings. The maximum Gasteiger partial charge on any atom is 0.321 e. The number of hydrogen-bond acceptors (Lipinski definition) is 5. The fraction of sp³-hybridized carbons (Fsp3) is 0.412. The standard InChI is InChI=1S/C17H23N3O4/c1-12(15-10-13-6-4-5-7-14(13)24-15)20(2)11-16(21)19-17(22)18-8-9-23-3/h4-7,10,12H,8-9,11H2,1-3H3,(H2,18,19,21,22). The van der Waals surface area contributed by atoms with Gasteiger partial charge in [-0.05, 0) is 26.1 Å². The lowest BCUT2D eigenvalue weighted by atomic mass is 10.2. The van der Waals surface area contributed by atoms with Gasteiger partial charge < -0.3 is 14.5 Å². The van der Waals surface area contributed by atoms with Crippen LogP contribution in [0.3, 0.4) is 0 Å². The van der Waals surface area contributed by atoms with Crippen molar-refractivity contribution in [2.24, 2.45) is 0 Å². The second-order valence-corrected chi connectivity index (χ2v) is 5.57. The number of carbonyl (C=O) groups is 2. The van der Waals surface area contributed by atoms with E-state index in [0.717, 1.165) is 16.7 Å².